The number of carbonyl (C=O) groups excluding carboxylic acids is 1. The fourth-order valence-corrected chi connectivity index (χ4v) is 1.72. The third-order valence-corrected chi connectivity index (χ3v) is 2.50. The summed E-state index contributed by atoms with van der Waals surface area (Å²) in [6, 6.07) is 1.89. The number of aromatic nitrogens is 1. The zero-order chi connectivity index (χ0) is 13.2. The van der Waals surface area contributed by atoms with Gasteiger partial charge in [0.25, 0.3) is 0 Å². The van der Waals surface area contributed by atoms with Crippen LogP contribution in [-0.4, -0.2) is 17.1 Å². The number of esters is 1. The van der Waals surface area contributed by atoms with Gasteiger partial charge >= 0.3 is 5.97 Å². The van der Waals surface area contributed by atoms with Crippen molar-refractivity contribution >= 4 is 5.97 Å². The van der Waals surface area contributed by atoms with E-state index in [1.807, 2.05) is 26.8 Å². The topological polar surface area (TPSA) is 39.2 Å². The van der Waals surface area contributed by atoms with Crippen LogP contribution >= 0.6 is 0 Å². The Morgan fingerprint density at radius 1 is 1.35 bits per heavy atom. The summed E-state index contributed by atoms with van der Waals surface area (Å²) in [5.41, 5.74) is 2.21. The first kappa shape index (κ1) is 13.7. The first-order chi connectivity index (χ1) is 7.73. The van der Waals surface area contributed by atoms with Crippen LogP contribution in [0, 0.1) is 6.92 Å². The van der Waals surface area contributed by atoms with Crippen LogP contribution in [0.2, 0.25) is 0 Å². The third-order valence-electron chi connectivity index (χ3n) is 2.50. The maximum atomic E-state index is 12.1. The van der Waals surface area contributed by atoms with Gasteiger partial charge in [-0.15, -0.1) is 0 Å². The molecule has 3 nitrogen and oxygen atoms in total. The normalized spacial score (nSPS) is 11.7. The predicted octanol–water partition coefficient (Wildman–Crippen LogP) is 3.25. The Labute approximate surface area is 103 Å². The quantitative estimate of drug-likeness (QED) is 0.739. The first-order valence-electron chi connectivity index (χ1n) is 5.90. The molecule has 0 aliphatic carbocycles. The van der Waals surface area contributed by atoms with Gasteiger partial charge in [0.05, 0.1) is 17.4 Å². The van der Waals surface area contributed by atoms with Crippen LogP contribution in [0.4, 0.5) is 0 Å². The fraction of sp³-hybridized carbons (Fsp3) is 0.571. The van der Waals surface area contributed by atoms with Crippen molar-refractivity contribution in [3.8, 4) is 0 Å². The number of carbonyl (C=O) groups is 1. The molecule has 1 aromatic heterocycles. The van der Waals surface area contributed by atoms with E-state index in [1.54, 1.807) is 6.20 Å². The maximum Gasteiger partial charge on any atom is 0.340 e. The van der Waals surface area contributed by atoms with Crippen LogP contribution in [0.5, 0.6) is 0 Å². The van der Waals surface area contributed by atoms with Crippen LogP contribution in [0.15, 0.2) is 12.3 Å². The van der Waals surface area contributed by atoms with Crippen molar-refractivity contribution in [3.63, 3.8) is 0 Å². The summed E-state index contributed by atoms with van der Waals surface area (Å²) >= 11 is 0. The molecular weight excluding hydrogens is 214 g/mol. The molecule has 0 aromatic carbocycles. The molecule has 0 aliphatic rings. The van der Waals surface area contributed by atoms with E-state index in [-0.39, 0.29) is 17.5 Å². The second kappa shape index (κ2) is 4.86. The van der Waals surface area contributed by atoms with Crippen molar-refractivity contribution in [2.24, 2.45) is 0 Å². The minimum atomic E-state index is -0.282. The summed E-state index contributed by atoms with van der Waals surface area (Å²) in [6.45, 7) is 11.8. The van der Waals surface area contributed by atoms with Gasteiger partial charge in [0.2, 0.25) is 0 Å². The van der Waals surface area contributed by atoms with Crippen molar-refractivity contribution in [1.82, 2.24) is 4.98 Å². The molecule has 0 saturated carbocycles. The van der Waals surface area contributed by atoms with E-state index in [2.05, 4.69) is 25.8 Å². The van der Waals surface area contributed by atoms with Gasteiger partial charge in [-0.3, -0.25) is 4.98 Å². The highest BCUT2D eigenvalue weighted by atomic mass is 16.5. The van der Waals surface area contributed by atoms with Crippen LogP contribution in [0.3, 0.4) is 0 Å². The summed E-state index contributed by atoms with van der Waals surface area (Å²) in [4.78, 5) is 16.3. The van der Waals surface area contributed by atoms with Crippen LogP contribution in [0.1, 0.15) is 56.2 Å². The second-order valence-corrected chi connectivity index (χ2v) is 5.52. The summed E-state index contributed by atoms with van der Waals surface area (Å²) in [5.74, 6) is -0.282. The van der Waals surface area contributed by atoms with Crippen molar-refractivity contribution in [2.75, 3.05) is 0 Å². The molecule has 1 rings (SSSR count). The molecule has 1 aromatic rings. The molecule has 0 amide bonds. The number of aryl methyl sites for hydroxylation is 1. The fourth-order valence-electron chi connectivity index (χ4n) is 1.72. The van der Waals surface area contributed by atoms with Crippen LogP contribution < -0.4 is 0 Å². The van der Waals surface area contributed by atoms with Gasteiger partial charge in [0.15, 0.2) is 0 Å². The van der Waals surface area contributed by atoms with Crippen molar-refractivity contribution in [2.45, 2.75) is 53.1 Å². The summed E-state index contributed by atoms with van der Waals surface area (Å²) in [5, 5.41) is 0. The van der Waals surface area contributed by atoms with Crippen LogP contribution in [-0.2, 0) is 10.2 Å². The van der Waals surface area contributed by atoms with Crippen LogP contribution in [0.25, 0.3) is 0 Å². The summed E-state index contributed by atoms with van der Waals surface area (Å²) in [7, 11) is 0. The van der Waals surface area contributed by atoms with Gasteiger partial charge in [-0.2, -0.15) is 0 Å². The molecule has 0 atom stereocenters. The second-order valence-electron chi connectivity index (χ2n) is 5.52. The van der Waals surface area contributed by atoms with Gasteiger partial charge in [-0.1, -0.05) is 20.8 Å². The van der Waals surface area contributed by atoms with Gasteiger partial charge in [0, 0.05) is 6.20 Å². The molecule has 0 spiro atoms. The number of hydrogen-bond donors (Lipinski definition) is 0. The van der Waals surface area contributed by atoms with E-state index in [1.165, 1.54) is 0 Å². The lowest BCUT2D eigenvalue weighted by atomic mass is 9.83. The lowest BCUT2D eigenvalue weighted by Gasteiger charge is -2.23. The molecule has 0 unspecified atom stereocenters. The first-order valence-corrected chi connectivity index (χ1v) is 5.90. The monoisotopic (exact) mass is 235 g/mol. The highest BCUT2D eigenvalue weighted by Gasteiger charge is 2.25. The van der Waals surface area contributed by atoms with E-state index >= 15 is 0 Å². The molecule has 0 bridgehead atoms. The molecule has 94 valence electrons. The SMILES string of the molecule is Cc1nccc(C(C)(C)C)c1C(=O)OC(C)C. The van der Waals surface area contributed by atoms with Crippen molar-refractivity contribution < 1.29 is 9.53 Å². The molecule has 0 radical (unpaired) electrons. The minimum absolute atomic E-state index is 0.0982. The van der Waals surface area contributed by atoms with E-state index in [0.717, 1.165) is 11.3 Å². The Bertz CT molecular complexity index is 417. The molecule has 17 heavy (non-hydrogen) atoms. The standard InChI is InChI=1S/C14H21NO2/c1-9(2)17-13(16)12-10(3)15-8-7-11(12)14(4,5)6/h7-9H,1-6H3. The smallest absolute Gasteiger partial charge is 0.340 e. The zero-order valence-corrected chi connectivity index (χ0v) is 11.5. The van der Waals surface area contributed by atoms with Gasteiger partial charge < -0.3 is 4.74 Å². The molecule has 1 heterocycles. The maximum absolute atomic E-state index is 12.1. The Balaban J connectivity index is 3.26. The number of ether oxygens (including phenoxy) is 1. The largest absolute Gasteiger partial charge is 0.459 e. The molecule has 0 aliphatic heterocycles. The van der Waals surface area contributed by atoms with Crippen molar-refractivity contribution in [3.05, 3.63) is 29.1 Å². The van der Waals surface area contributed by atoms with Gasteiger partial charge in [0.1, 0.15) is 0 Å². The Hall–Kier alpha value is -1.38. The summed E-state index contributed by atoms with van der Waals surface area (Å²) in [6.07, 6.45) is 1.62. The van der Waals surface area contributed by atoms with Gasteiger partial charge in [-0.05, 0) is 37.8 Å². The molecular formula is C14H21NO2. The molecule has 0 fully saturated rings. The average Bonchev–Trinajstić information content (AvgIpc) is 2.14. The Morgan fingerprint density at radius 2 is 1.94 bits per heavy atom. The number of rotatable bonds is 2. The highest BCUT2D eigenvalue weighted by Crippen LogP contribution is 2.27. The van der Waals surface area contributed by atoms with E-state index in [0.29, 0.717) is 5.56 Å². The number of nitrogens with zero attached hydrogens (tertiary/aromatic N) is 1. The lowest BCUT2D eigenvalue weighted by molar-refractivity contribution is 0.0373. The molecule has 0 saturated heterocycles. The molecule has 0 N–H and O–H groups in total. The van der Waals surface area contributed by atoms with Gasteiger partial charge in [-0.25, -0.2) is 4.79 Å². The predicted molar refractivity (Wildman–Crippen MR) is 68.2 cm³/mol. The summed E-state index contributed by atoms with van der Waals surface area (Å²) < 4.78 is 5.27. The zero-order valence-electron chi connectivity index (χ0n) is 11.5. The average molecular weight is 235 g/mol. The lowest BCUT2D eigenvalue weighted by Crippen LogP contribution is -2.21. The van der Waals surface area contributed by atoms with Crippen molar-refractivity contribution in [1.29, 1.82) is 0 Å². The number of hydrogen-bond acceptors (Lipinski definition) is 3. The van der Waals surface area contributed by atoms with E-state index < -0.39 is 0 Å². The van der Waals surface area contributed by atoms with E-state index in [9.17, 15) is 4.79 Å². The third kappa shape index (κ3) is 3.29. The Morgan fingerprint density at radius 3 is 2.41 bits per heavy atom. The van der Waals surface area contributed by atoms with E-state index in [4.69, 9.17) is 4.74 Å². The highest BCUT2D eigenvalue weighted by molar-refractivity contribution is 5.92. The molecule has 3 heteroatoms. The number of pyridine rings is 1. The minimum Gasteiger partial charge on any atom is -0.459 e. The Kier molecular flexibility index (Phi) is 3.91.